The highest BCUT2D eigenvalue weighted by Gasteiger charge is 2.34. The third-order valence-electron chi connectivity index (χ3n) is 3.86. The van der Waals surface area contributed by atoms with Crippen LogP contribution in [0, 0.1) is 0 Å². The lowest BCUT2D eigenvalue weighted by atomic mass is 10.1. The van der Waals surface area contributed by atoms with Gasteiger partial charge in [-0.1, -0.05) is 13.3 Å². The number of aromatic amines is 1. The number of nitrogens with zero attached hydrogens (tertiary/aromatic N) is 2. The fourth-order valence-corrected chi connectivity index (χ4v) is 3.14. The minimum atomic E-state index is -0.178. The number of ether oxygens (including phenoxy) is 1. The quantitative estimate of drug-likeness (QED) is 0.601. The molecule has 0 aromatic carbocycles. The van der Waals surface area contributed by atoms with Crippen LogP contribution in [0.2, 0.25) is 0 Å². The van der Waals surface area contributed by atoms with Crippen LogP contribution in [-0.4, -0.2) is 45.4 Å². The lowest BCUT2D eigenvalue weighted by Gasteiger charge is -2.23. The Morgan fingerprint density at radius 3 is 3.14 bits per heavy atom. The molecule has 1 aliphatic heterocycles. The lowest BCUT2D eigenvalue weighted by molar-refractivity contribution is 0.0953. The van der Waals surface area contributed by atoms with Gasteiger partial charge in [0.25, 0.3) is 0 Å². The van der Waals surface area contributed by atoms with Gasteiger partial charge >= 0.3 is 6.09 Å². The molecule has 21 heavy (non-hydrogen) atoms. The van der Waals surface area contributed by atoms with Gasteiger partial charge in [0.15, 0.2) is 0 Å². The predicted octanol–water partition coefficient (Wildman–Crippen LogP) is 3.04. The number of imidazole rings is 1. The Morgan fingerprint density at radius 2 is 2.43 bits per heavy atom. The summed E-state index contributed by atoms with van der Waals surface area (Å²) < 4.78 is 5.33. The van der Waals surface area contributed by atoms with Gasteiger partial charge in [0.2, 0.25) is 0 Å². The normalized spacial score (nSPS) is 21.7. The van der Waals surface area contributed by atoms with E-state index in [1.807, 2.05) is 11.1 Å². The zero-order chi connectivity index (χ0) is 15.1. The molecular weight excluding hydrogens is 286 g/mol. The molecule has 5 nitrogen and oxygen atoms in total. The summed E-state index contributed by atoms with van der Waals surface area (Å²) in [5.74, 6) is 1.01. The second-order valence-corrected chi connectivity index (χ2v) is 6.32. The van der Waals surface area contributed by atoms with Crippen LogP contribution in [0.25, 0.3) is 0 Å². The van der Waals surface area contributed by atoms with Gasteiger partial charge in [-0.15, -0.1) is 0 Å². The first-order valence-corrected chi connectivity index (χ1v) is 8.32. The molecule has 0 unspecified atom stereocenters. The molecule has 2 heterocycles. The number of hydrogen-bond donors (Lipinski definition) is 2. The van der Waals surface area contributed by atoms with E-state index in [-0.39, 0.29) is 17.4 Å². The van der Waals surface area contributed by atoms with Crippen LogP contribution in [0.3, 0.4) is 0 Å². The Bertz CT molecular complexity index is 425. The van der Waals surface area contributed by atoms with Gasteiger partial charge in [-0.2, -0.15) is 12.6 Å². The molecule has 0 aliphatic carbocycles. The number of unbranched alkanes of at least 4 members (excludes halogenated alkanes) is 1. The van der Waals surface area contributed by atoms with E-state index in [0.717, 1.165) is 44.3 Å². The first kappa shape index (κ1) is 16.2. The van der Waals surface area contributed by atoms with Crippen molar-refractivity contribution in [2.75, 3.05) is 13.2 Å². The second-order valence-electron chi connectivity index (χ2n) is 5.59. The van der Waals surface area contributed by atoms with Gasteiger partial charge < -0.3 is 14.6 Å². The number of nitrogens with one attached hydrogen (secondary N) is 1. The van der Waals surface area contributed by atoms with Crippen LogP contribution in [0.4, 0.5) is 4.79 Å². The summed E-state index contributed by atoms with van der Waals surface area (Å²) in [5, 5.41) is 0.261. The fraction of sp³-hybridized carbons (Fsp3) is 0.733. The van der Waals surface area contributed by atoms with Crippen molar-refractivity contribution < 1.29 is 9.53 Å². The van der Waals surface area contributed by atoms with E-state index in [4.69, 9.17) is 4.74 Å². The van der Waals surface area contributed by atoms with E-state index in [2.05, 4.69) is 29.5 Å². The highest BCUT2D eigenvalue weighted by Crippen LogP contribution is 2.26. The molecule has 0 bridgehead atoms. The maximum absolute atomic E-state index is 12.1. The Hall–Kier alpha value is -1.17. The highest BCUT2D eigenvalue weighted by molar-refractivity contribution is 7.81. The molecule has 118 valence electrons. The van der Waals surface area contributed by atoms with Crippen molar-refractivity contribution in [1.29, 1.82) is 0 Å². The molecule has 1 fully saturated rings. The highest BCUT2D eigenvalue weighted by atomic mass is 32.1. The predicted molar refractivity (Wildman–Crippen MR) is 85.7 cm³/mol. The Morgan fingerprint density at radius 1 is 1.57 bits per heavy atom. The molecule has 1 aliphatic rings. The van der Waals surface area contributed by atoms with E-state index < -0.39 is 0 Å². The zero-order valence-electron chi connectivity index (χ0n) is 12.6. The van der Waals surface area contributed by atoms with Crippen molar-refractivity contribution in [1.82, 2.24) is 14.9 Å². The second kappa shape index (κ2) is 8.32. The van der Waals surface area contributed by atoms with Crippen molar-refractivity contribution >= 4 is 18.7 Å². The van der Waals surface area contributed by atoms with Crippen molar-refractivity contribution in [3.8, 4) is 0 Å². The number of hydrogen-bond acceptors (Lipinski definition) is 4. The average Bonchev–Trinajstić information content (AvgIpc) is 3.09. The van der Waals surface area contributed by atoms with Crippen molar-refractivity contribution in [2.45, 2.75) is 56.7 Å². The summed E-state index contributed by atoms with van der Waals surface area (Å²) in [5.41, 5.74) is 0. The van der Waals surface area contributed by atoms with Gasteiger partial charge in [-0.3, -0.25) is 0 Å². The largest absolute Gasteiger partial charge is 0.449 e. The summed E-state index contributed by atoms with van der Waals surface area (Å²) in [6, 6.07) is 0.247. The third-order valence-corrected chi connectivity index (χ3v) is 4.23. The first-order chi connectivity index (χ1) is 10.2. The number of H-pyrrole nitrogens is 1. The Balaban J connectivity index is 1.77. The number of likely N-dealkylation sites (tertiary alicyclic amines) is 1. The molecule has 6 heteroatoms. The van der Waals surface area contributed by atoms with Crippen LogP contribution in [0.15, 0.2) is 12.4 Å². The van der Waals surface area contributed by atoms with E-state index in [1.165, 1.54) is 0 Å². The van der Waals surface area contributed by atoms with E-state index >= 15 is 0 Å². The Kier molecular flexibility index (Phi) is 6.42. The molecule has 1 amide bonds. The fourth-order valence-electron chi connectivity index (χ4n) is 2.72. The number of rotatable bonds is 7. The molecule has 0 spiro atoms. The lowest BCUT2D eigenvalue weighted by Crippen LogP contribution is -2.36. The van der Waals surface area contributed by atoms with E-state index in [0.29, 0.717) is 13.2 Å². The topological polar surface area (TPSA) is 58.2 Å². The third kappa shape index (κ3) is 4.95. The molecule has 0 radical (unpaired) electrons. The van der Waals surface area contributed by atoms with E-state index in [1.54, 1.807) is 6.20 Å². The van der Waals surface area contributed by atoms with Gasteiger partial charge in [-0.05, 0) is 25.7 Å². The minimum absolute atomic E-state index is 0.178. The van der Waals surface area contributed by atoms with Gasteiger partial charge in [0, 0.05) is 36.7 Å². The van der Waals surface area contributed by atoms with Crippen LogP contribution in [0.5, 0.6) is 0 Å². The standard InChI is InChI=1S/C15H25N3O2S/c1-2-3-9-20-15(19)18-11-13(21)10-12(18)5-4-6-14-16-7-8-17-14/h7-8,12-13,21H,2-6,9-11H2,1H3,(H,16,17)/t12-,13+/m0/s1. The number of aryl methyl sites for hydroxylation is 1. The minimum Gasteiger partial charge on any atom is -0.449 e. The van der Waals surface area contributed by atoms with Crippen molar-refractivity contribution in [2.24, 2.45) is 0 Å². The SMILES string of the molecule is CCCCOC(=O)N1C[C@H](S)C[C@@H]1CCCc1ncc[nH]1. The van der Waals surface area contributed by atoms with Gasteiger partial charge in [-0.25, -0.2) is 9.78 Å². The number of thiol groups is 1. The molecule has 0 saturated carbocycles. The Labute approximate surface area is 131 Å². The van der Waals surface area contributed by atoms with Crippen LogP contribution in [-0.2, 0) is 11.2 Å². The van der Waals surface area contributed by atoms with Gasteiger partial charge in [0.1, 0.15) is 5.82 Å². The number of aromatic nitrogens is 2. The molecule has 1 N–H and O–H groups in total. The van der Waals surface area contributed by atoms with Gasteiger partial charge in [0.05, 0.1) is 6.61 Å². The summed E-state index contributed by atoms with van der Waals surface area (Å²) in [6.45, 7) is 3.30. The van der Waals surface area contributed by atoms with E-state index in [9.17, 15) is 4.79 Å². The van der Waals surface area contributed by atoms with Crippen molar-refractivity contribution in [3.63, 3.8) is 0 Å². The smallest absolute Gasteiger partial charge is 0.410 e. The molecule has 1 saturated heterocycles. The van der Waals surface area contributed by atoms with Crippen LogP contribution >= 0.6 is 12.6 Å². The number of carbonyl (C=O) groups excluding carboxylic acids is 1. The maximum atomic E-state index is 12.1. The molecule has 1 aromatic heterocycles. The van der Waals surface area contributed by atoms with Crippen molar-refractivity contribution in [3.05, 3.63) is 18.2 Å². The maximum Gasteiger partial charge on any atom is 0.410 e. The summed E-state index contributed by atoms with van der Waals surface area (Å²) in [4.78, 5) is 21.3. The molecule has 2 atom stereocenters. The van der Waals surface area contributed by atoms with Crippen LogP contribution < -0.4 is 0 Å². The number of amides is 1. The molecular formula is C15H25N3O2S. The number of carbonyl (C=O) groups is 1. The average molecular weight is 311 g/mol. The van der Waals surface area contributed by atoms with Crippen LogP contribution in [0.1, 0.15) is 44.9 Å². The first-order valence-electron chi connectivity index (χ1n) is 7.80. The monoisotopic (exact) mass is 311 g/mol. The zero-order valence-corrected chi connectivity index (χ0v) is 13.5. The summed E-state index contributed by atoms with van der Waals surface area (Å²) in [6.07, 6.45) is 9.24. The molecule has 2 rings (SSSR count). The summed E-state index contributed by atoms with van der Waals surface area (Å²) in [7, 11) is 0. The molecule has 1 aromatic rings. The summed E-state index contributed by atoms with van der Waals surface area (Å²) >= 11 is 4.53.